The summed E-state index contributed by atoms with van der Waals surface area (Å²) >= 11 is 6.05. The highest BCUT2D eigenvalue weighted by molar-refractivity contribution is 6.33. The molecular formula is C24H17ClN2O4. The number of hydrogen-bond acceptors (Lipinski definition) is 5. The zero-order chi connectivity index (χ0) is 21.8. The second-order valence-corrected chi connectivity index (χ2v) is 7.02. The number of carbonyl (C=O) groups excluding carboxylic acids is 2. The van der Waals surface area contributed by atoms with E-state index in [1.807, 2.05) is 36.4 Å². The van der Waals surface area contributed by atoms with E-state index in [4.69, 9.17) is 20.8 Å². The van der Waals surface area contributed by atoms with Crippen LogP contribution < -0.4 is 5.43 Å². The van der Waals surface area contributed by atoms with Crippen LogP contribution in [0, 0.1) is 0 Å². The van der Waals surface area contributed by atoms with E-state index in [1.54, 1.807) is 36.4 Å². The van der Waals surface area contributed by atoms with Gasteiger partial charge in [-0.25, -0.2) is 10.2 Å². The van der Waals surface area contributed by atoms with E-state index in [-0.39, 0.29) is 11.5 Å². The van der Waals surface area contributed by atoms with Gasteiger partial charge in [0.05, 0.1) is 23.9 Å². The fourth-order valence-electron chi connectivity index (χ4n) is 3.16. The first-order valence-electron chi connectivity index (χ1n) is 9.36. The Morgan fingerprint density at radius 1 is 1.00 bits per heavy atom. The number of hydrogen-bond donors (Lipinski definition) is 1. The number of nitrogens with one attached hydrogen (secondary N) is 1. The number of furan rings is 1. The lowest BCUT2D eigenvalue weighted by molar-refractivity contribution is 0.0601. The lowest BCUT2D eigenvalue weighted by Crippen LogP contribution is -2.17. The summed E-state index contributed by atoms with van der Waals surface area (Å²) in [5.41, 5.74) is 3.96. The molecule has 0 bridgehead atoms. The monoisotopic (exact) mass is 432 g/mol. The maximum Gasteiger partial charge on any atom is 0.339 e. The van der Waals surface area contributed by atoms with Gasteiger partial charge in [-0.1, -0.05) is 48.0 Å². The molecule has 0 aliphatic rings. The predicted molar refractivity (Wildman–Crippen MR) is 120 cm³/mol. The third-order valence-electron chi connectivity index (χ3n) is 4.68. The Kier molecular flexibility index (Phi) is 5.82. The van der Waals surface area contributed by atoms with Gasteiger partial charge in [0.15, 0.2) is 0 Å². The molecule has 1 amide bonds. The molecule has 0 radical (unpaired) electrons. The maximum atomic E-state index is 12.5. The van der Waals surface area contributed by atoms with Crippen LogP contribution in [0.3, 0.4) is 0 Å². The molecule has 4 aromatic rings. The fraction of sp³-hybridized carbons (Fsp3) is 0.0417. The number of halogens is 1. The number of amides is 1. The van der Waals surface area contributed by atoms with Crippen LogP contribution in [-0.4, -0.2) is 25.2 Å². The van der Waals surface area contributed by atoms with Crippen LogP contribution >= 0.6 is 11.6 Å². The van der Waals surface area contributed by atoms with Crippen molar-refractivity contribution in [3.63, 3.8) is 0 Å². The summed E-state index contributed by atoms with van der Waals surface area (Å²) in [4.78, 5) is 24.4. The van der Waals surface area contributed by atoms with Gasteiger partial charge in [-0.3, -0.25) is 4.79 Å². The molecule has 1 heterocycles. The maximum absolute atomic E-state index is 12.5. The number of rotatable bonds is 5. The molecule has 0 saturated carbocycles. The molecule has 0 spiro atoms. The van der Waals surface area contributed by atoms with Crippen LogP contribution in [-0.2, 0) is 4.74 Å². The fourth-order valence-corrected chi connectivity index (χ4v) is 3.36. The highest BCUT2D eigenvalue weighted by Gasteiger charge is 2.14. The smallest absolute Gasteiger partial charge is 0.339 e. The number of hydrazone groups is 1. The Morgan fingerprint density at radius 2 is 1.81 bits per heavy atom. The molecule has 1 N–H and O–H groups in total. The van der Waals surface area contributed by atoms with Crippen LogP contribution in [0.5, 0.6) is 0 Å². The Morgan fingerprint density at radius 3 is 2.65 bits per heavy atom. The molecule has 3 aromatic carbocycles. The number of ether oxygens (including phenoxy) is 1. The zero-order valence-corrected chi connectivity index (χ0v) is 17.2. The van der Waals surface area contributed by atoms with Gasteiger partial charge in [0.25, 0.3) is 5.91 Å². The van der Waals surface area contributed by atoms with Gasteiger partial charge in [0, 0.05) is 11.1 Å². The van der Waals surface area contributed by atoms with Gasteiger partial charge in [0.2, 0.25) is 0 Å². The van der Waals surface area contributed by atoms with Gasteiger partial charge in [-0.2, -0.15) is 5.10 Å². The van der Waals surface area contributed by atoms with Crippen molar-refractivity contribution < 1.29 is 18.7 Å². The van der Waals surface area contributed by atoms with E-state index in [1.165, 1.54) is 13.3 Å². The predicted octanol–water partition coefficient (Wildman–Crippen LogP) is 5.30. The molecule has 0 aliphatic heterocycles. The number of methoxy groups -OCH3 is 1. The third kappa shape index (κ3) is 4.34. The summed E-state index contributed by atoms with van der Waals surface area (Å²) in [5, 5.41) is 6.11. The minimum Gasteiger partial charge on any atom is -0.465 e. The van der Waals surface area contributed by atoms with Crippen LogP contribution in [0.4, 0.5) is 0 Å². The van der Waals surface area contributed by atoms with Crippen LogP contribution in [0.25, 0.3) is 22.1 Å². The molecule has 4 rings (SSSR count). The standard InChI is InChI=1S/C24H17ClN2O4/c1-30-24(29)20-13-16(9-11-21(20)25)22-12-10-17(31-22)14-26-27-23(28)19-8-4-6-15-5-2-3-7-18(15)19/h2-14H,1H3,(H,27,28)/b26-14+. The van der Waals surface area contributed by atoms with Crippen molar-refractivity contribution in [2.24, 2.45) is 5.10 Å². The summed E-state index contributed by atoms with van der Waals surface area (Å²) in [5.74, 6) is 0.100. The van der Waals surface area contributed by atoms with Crippen molar-refractivity contribution in [2.45, 2.75) is 0 Å². The second kappa shape index (κ2) is 8.85. The summed E-state index contributed by atoms with van der Waals surface area (Å²) < 4.78 is 10.5. The molecule has 0 saturated heterocycles. The van der Waals surface area contributed by atoms with E-state index in [2.05, 4.69) is 10.5 Å². The summed E-state index contributed by atoms with van der Waals surface area (Å²) in [6, 6.07) is 21.5. The average Bonchev–Trinajstić information content (AvgIpc) is 3.27. The largest absolute Gasteiger partial charge is 0.465 e. The molecule has 6 nitrogen and oxygen atoms in total. The van der Waals surface area contributed by atoms with Gasteiger partial charge >= 0.3 is 5.97 Å². The van der Waals surface area contributed by atoms with Crippen molar-refractivity contribution in [1.29, 1.82) is 0 Å². The lowest BCUT2D eigenvalue weighted by atomic mass is 10.0. The van der Waals surface area contributed by atoms with E-state index in [0.717, 1.165) is 10.8 Å². The minimum absolute atomic E-state index is 0.246. The Balaban J connectivity index is 1.49. The second-order valence-electron chi connectivity index (χ2n) is 6.61. The Labute approximate surface area is 183 Å². The molecule has 0 aliphatic carbocycles. The van der Waals surface area contributed by atoms with Crippen LogP contribution in [0.15, 0.2) is 82.3 Å². The molecule has 1 aromatic heterocycles. The highest BCUT2D eigenvalue weighted by atomic mass is 35.5. The van der Waals surface area contributed by atoms with Crippen molar-refractivity contribution in [1.82, 2.24) is 5.43 Å². The lowest BCUT2D eigenvalue weighted by Gasteiger charge is -2.04. The number of carbonyl (C=O) groups is 2. The van der Waals surface area contributed by atoms with Gasteiger partial charge in [-0.05, 0) is 47.2 Å². The van der Waals surface area contributed by atoms with Crippen molar-refractivity contribution in [2.75, 3.05) is 7.11 Å². The molecule has 0 unspecified atom stereocenters. The zero-order valence-electron chi connectivity index (χ0n) is 16.5. The summed E-state index contributed by atoms with van der Waals surface area (Å²) in [7, 11) is 1.29. The molecular weight excluding hydrogens is 416 g/mol. The van der Waals surface area contributed by atoms with E-state index in [9.17, 15) is 9.59 Å². The Bertz CT molecular complexity index is 1300. The first-order valence-corrected chi connectivity index (χ1v) is 9.74. The Hall–Kier alpha value is -3.90. The number of fused-ring (bicyclic) bond motifs is 1. The van der Waals surface area contributed by atoms with E-state index in [0.29, 0.717) is 27.7 Å². The van der Waals surface area contributed by atoms with E-state index < -0.39 is 5.97 Å². The van der Waals surface area contributed by atoms with Crippen LogP contribution in [0.1, 0.15) is 26.5 Å². The van der Waals surface area contributed by atoms with Crippen molar-refractivity contribution >= 4 is 40.5 Å². The molecule has 31 heavy (non-hydrogen) atoms. The SMILES string of the molecule is COC(=O)c1cc(-c2ccc(/C=N/NC(=O)c3cccc4ccccc34)o2)ccc1Cl. The first-order chi connectivity index (χ1) is 15.1. The minimum atomic E-state index is -0.531. The van der Waals surface area contributed by atoms with Crippen LogP contribution in [0.2, 0.25) is 5.02 Å². The summed E-state index contributed by atoms with van der Waals surface area (Å²) in [6.07, 6.45) is 1.41. The molecule has 154 valence electrons. The molecule has 0 atom stereocenters. The first kappa shape index (κ1) is 20.4. The number of benzene rings is 3. The highest BCUT2D eigenvalue weighted by Crippen LogP contribution is 2.27. The summed E-state index contributed by atoms with van der Waals surface area (Å²) in [6.45, 7) is 0. The topological polar surface area (TPSA) is 80.9 Å². The van der Waals surface area contributed by atoms with E-state index >= 15 is 0 Å². The molecule has 0 fully saturated rings. The van der Waals surface area contributed by atoms with Gasteiger partial charge in [0.1, 0.15) is 11.5 Å². The quantitative estimate of drug-likeness (QED) is 0.263. The van der Waals surface area contributed by atoms with Crippen molar-refractivity contribution in [3.8, 4) is 11.3 Å². The number of esters is 1. The molecule has 7 heteroatoms. The average molecular weight is 433 g/mol. The van der Waals surface area contributed by atoms with Gasteiger partial charge < -0.3 is 9.15 Å². The van der Waals surface area contributed by atoms with Gasteiger partial charge in [-0.15, -0.1) is 0 Å². The van der Waals surface area contributed by atoms with Crippen molar-refractivity contribution in [3.05, 3.63) is 94.7 Å². The number of nitrogens with zero attached hydrogens (tertiary/aromatic N) is 1. The normalized spacial score (nSPS) is 11.0. The third-order valence-corrected chi connectivity index (χ3v) is 5.00.